The number of rotatable bonds is 2. The molecular weight excluding hydrogens is 198 g/mol. The Hall–Kier alpha value is -1.78. The van der Waals surface area contributed by atoms with E-state index in [0.717, 1.165) is 24.2 Å². The van der Waals surface area contributed by atoms with Crippen molar-refractivity contribution in [2.75, 3.05) is 6.54 Å². The lowest BCUT2D eigenvalue weighted by Gasteiger charge is -2.25. The number of nitrogens with one attached hydrogen (secondary N) is 1. The summed E-state index contributed by atoms with van der Waals surface area (Å²) in [6.07, 6.45) is 3.61. The van der Waals surface area contributed by atoms with Crippen LogP contribution in [0.25, 0.3) is 0 Å². The molecule has 5 nitrogen and oxygen atoms in total. The van der Waals surface area contributed by atoms with Gasteiger partial charge in [-0.2, -0.15) is 0 Å². The summed E-state index contributed by atoms with van der Waals surface area (Å²) in [6.45, 7) is 0.754. The van der Waals surface area contributed by atoms with E-state index in [9.17, 15) is 9.59 Å². The van der Waals surface area contributed by atoms with Crippen LogP contribution in [0, 0.1) is 5.41 Å². The lowest BCUT2D eigenvalue weighted by molar-refractivity contribution is -0.160. The van der Waals surface area contributed by atoms with Gasteiger partial charge in [0.05, 0.1) is 0 Å². The van der Waals surface area contributed by atoms with E-state index in [1.54, 1.807) is 6.08 Å². The Labute approximate surface area is 86.1 Å². The lowest BCUT2D eigenvalue weighted by atomic mass is 9.77. The Morgan fingerprint density at radius 3 is 2.60 bits per heavy atom. The molecule has 1 aliphatic carbocycles. The van der Waals surface area contributed by atoms with E-state index in [1.165, 1.54) is 6.08 Å². The van der Waals surface area contributed by atoms with E-state index in [-0.39, 0.29) is 6.42 Å². The van der Waals surface area contributed by atoms with Crippen molar-refractivity contribution in [1.82, 2.24) is 5.32 Å². The van der Waals surface area contributed by atoms with Gasteiger partial charge in [-0.3, -0.25) is 9.59 Å². The summed E-state index contributed by atoms with van der Waals surface area (Å²) in [7, 11) is 0. The fraction of sp³-hybridized carbons (Fsp3) is 0.400. The van der Waals surface area contributed by atoms with Crippen LogP contribution in [0.3, 0.4) is 0 Å². The summed E-state index contributed by atoms with van der Waals surface area (Å²) in [4.78, 5) is 22.1. The molecule has 0 fully saturated rings. The van der Waals surface area contributed by atoms with Gasteiger partial charge < -0.3 is 15.5 Å². The maximum absolute atomic E-state index is 11.0. The number of allylic oxidation sites excluding steroid dienone is 1. The normalized spacial score (nSPS) is 22.1. The Morgan fingerprint density at radius 1 is 1.33 bits per heavy atom. The van der Waals surface area contributed by atoms with Crippen molar-refractivity contribution in [1.29, 1.82) is 0 Å². The van der Waals surface area contributed by atoms with Crippen molar-refractivity contribution >= 4 is 11.9 Å². The van der Waals surface area contributed by atoms with E-state index in [2.05, 4.69) is 5.32 Å². The van der Waals surface area contributed by atoms with Crippen LogP contribution in [-0.4, -0.2) is 28.7 Å². The van der Waals surface area contributed by atoms with Crippen LogP contribution in [0.2, 0.25) is 0 Å². The van der Waals surface area contributed by atoms with Crippen molar-refractivity contribution in [2.24, 2.45) is 5.41 Å². The monoisotopic (exact) mass is 209 g/mol. The lowest BCUT2D eigenvalue weighted by Crippen LogP contribution is -2.39. The molecule has 0 aromatic heterocycles. The zero-order valence-electron chi connectivity index (χ0n) is 7.99. The number of hydrogen-bond donors (Lipinski definition) is 3. The summed E-state index contributed by atoms with van der Waals surface area (Å²) in [5.74, 6) is -2.60. The summed E-state index contributed by atoms with van der Waals surface area (Å²) >= 11 is 0. The van der Waals surface area contributed by atoms with E-state index in [4.69, 9.17) is 10.2 Å². The first kappa shape index (κ1) is 9.76. The van der Waals surface area contributed by atoms with Crippen molar-refractivity contribution in [2.45, 2.75) is 12.8 Å². The van der Waals surface area contributed by atoms with Gasteiger partial charge in [-0.25, -0.2) is 0 Å². The molecule has 0 saturated carbocycles. The van der Waals surface area contributed by atoms with E-state index < -0.39 is 17.4 Å². The molecule has 5 heteroatoms. The van der Waals surface area contributed by atoms with Crippen LogP contribution < -0.4 is 5.32 Å². The standard InChI is InChI=1S/C10H11NO4/c12-8(13)10(9(14)15)3-1-7-6(5-10)2-4-11-7/h1,3,11H,2,4-5H2,(H,12,13)(H,14,15). The van der Waals surface area contributed by atoms with Crippen LogP contribution in [0.5, 0.6) is 0 Å². The largest absolute Gasteiger partial charge is 0.480 e. The van der Waals surface area contributed by atoms with Crippen molar-refractivity contribution in [3.8, 4) is 0 Å². The molecule has 80 valence electrons. The van der Waals surface area contributed by atoms with Gasteiger partial charge in [0.15, 0.2) is 5.41 Å². The number of aliphatic carboxylic acids is 2. The Kier molecular flexibility index (Phi) is 2.03. The predicted octanol–water partition coefficient (Wildman–Crippen LogP) is 0.349. The topological polar surface area (TPSA) is 86.6 Å². The second-order valence-electron chi connectivity index (χ2n) is 3.79. The third-order valence-electron chi connectivity index (χ3n) is 2.91. The third-order valence-corrected chi connectivity index (χ3v) is 2.91. The fourth-order valence-electron chi connectivity index (χ4n) is 1.97. The van der Waals surface area contributed by atoms with Gasteiger partial charge in [-0.05, 0) is 18.1 Å². The molecule has 0 radical (unpaired) electrons. The van der Waals surface area contributed by atoms with Crippen LogP contribution in [-0.2, 0) is 9.59 Å². The second-order valence-corrected chi connectivity index (χ2v) is 3.79. The van der Waals surface area contributed by atoms with Crippen LogP contribution in [0.4, 0.5) is 0 Å². The molecule has 2 rings (SSSR count). The number of hydrogen-bond acceptors (Lipinski definition) is 3. The minimum Gasteiger partial charge on any atom is -0.480 e. The first-order chi connectivity index (χ1) is 7.06. The molecule has 15 heavy (non-hydrogen) atoms. The zero-order valence-corrected chi connectivity index (χ0v) is 7.99. The van der Waals surface area contributed by atoms with Gasteiger partial charge >= 0.3 is 11.9 Å². The smallest absolute Gasteiger partial charge is 0.325 e. The van der Waals surface area contributed by atoms with Crippen molar-refractivity contribution < 1.29 is 19.8 Å². The molecule has 0 unspecified atom stereocenters. The van der Waals surface area contributed by atoms with Crippen LogP contribution in [0.15, 0.2) is 23.4 Å². The van der Waals surface area contributed by atoms with E-state index in [1.807, 2.05) is 0 Å². The molecule has 1 heterocycles. The number of carboxylic acid groups (broad SMARTS) is 2. The molecule has 0 saturated heterocycles. The molecule has 0 amide bonds. The minimum atomic E-state index is -1.77. The molecule has 1 aliphatic heterocycles. The van der Waals surface area contributed by atoms with Gasteiger partial charge in [0.1, 0.15) is 0 Å². The van der Waals surface area contributed by atoms with Crippen LogP contribution >= 0.6 is 0 Å². The average Bonchev–Trinajstić information content (AvgIpc) is 2.62. The first-order valence-electron chi connectivity index (χ1n) is 4.68. The van der Waals surface area contributed by atoms with Crippen molar-refractivity contribution in [3.63, 3.8) is 0 Å². The predicted molar refractivity (Wildman–Crippen MR) is 51.1 cm³/mol. The maximum Gasteiger partial charge on any atom is 0.325 e. The molecule has 3 N–H and O–H groups in total. The summed E-state index contributed by atoms with van der Waals surface area (Å²) < 4.78 is 0. The first-order valence-corrected chi connectivity index (χ1v) is 4.68. The summed E-state index contributed by atoms with van der Waals surface area (Å²) in [6, 6.07) is 0. The highest BCUT2D eigenvalue weighted by Crippen LogP contribution is 2.37. The van der Waals surface area contributed by atoms with Gasteiger partial charge in [0.25, 0.3) is 0 Å². The Morgan fingerprint density at radius 2 is 2.00 bits per heavy atom. The Balaban J connectivity index is 2.37. The Bertz CT molecular complexity index is 380. The molecule has 0 aromatic carbocycles. The zero-order chi connectivity index (χ0) is 11.1. The van der Waals surface area contributed by atoms with Gasteiger partial charge in [-0.15, -0.1) is 0 Å². The molecule has 0 bridgehead atoms. The van der Waals surface area contributed by atoms with Gasteiger partial charge in [-0.1, -0.05) is 6.08 Å². The average molecular weight is 209 g/mol. The quantitative estimate of drug-likeness (QED) is 0.571. The summed E-state index contributed by atoms with van der Waals surface area (Å²) in [5.41, 5.74) is 0.000579. The van der Waals surface area contributed by atoms with Gasteiger partial charge in [0.2, 0.25) is 0 Å². The molecular formula is C10H11NO4. The second kappa shape index (κ2) is 3.12. The number of carboxylic acids is 2. The molecule has 0 atom stereocenters. The molecule has 2 aliphatic rings. The highest BCUT2D eigenvalue weighted by Gasteiger charge is 2.47. The fourth-order valence-corrected chi connectivity index (χ4v) is 1.97. The van der Waals surface area contributed by atoms with Crippen LogP contribution in [0.1, 0.15) is 12.8 Å². The molecule has 0 spiro atoms. The van der Waals surface area contributed by atoms with E-state index in [0.29, 0.717) is 0 Å². The van der Waals surface area contributed by atoms with Gasteiger partial charge in [0, 0.05) is 18.7 Å². The van der Waals surface area contributed by atoms with Crippen molar-refractivity contribution in [3.05, 3.63) is 23.4 Å². The minimum absolute atomic E-state index is 0.0660. The highest BCUT2D eigenvalue weighted by atomic mass is 16.4. The molecule has 0 aromatic rings. The maximum atomic E-state index is 11.0. The highest BCUT2D eigenvalue weighted by molar-refractivity contribution is 6.01. The summed E-state index contributed by atoms with van der Waals surface area (Å²) in [5, 5.41) is 21.1. The number of carbonyl (C=O) groups is 2. The third kappa shape index (κ3) is 1.31. The SMILES string of the molecule is O=C(O)C1(C(=O)O)C=CC2=C(CCN2)C1. The van der Waals surface area contributed by atoms with E-state index >= 15 is 0 Å².